The second-order valence-corrected chi connectivity index (χ2v) is 6.65. The highest BCUT2D eigenvalue weighted by molar-refractivity contribution is 6.00. The lowest BCUT2D eigenvalue weighted by Gasteiger charge is -2.25. The molecule has 0 saturated carbocycles. The SMILES string of the molecule is C=C(NC1=NC(c2ccccc2)NC(COC)=C1)c1ccccc1NCCC. The summed E-state index contributed by atoms with van der Waals surface area (Å²) in [6, 6.07) is 18.3. The van der Waals surface area contributed by atoms with Crippen molar-refractivity contribution in [2.24, 2.45) is 4.99 Å². The van der Waals surface area contributed by atoms with Crippen LogP contribution in [0, 0.1) is 0 Å². The first-order valence-electron chi connectivity index (χ1n) is 9.59. The largest absolute Gasteiger partial charge is 0.385 e. The maximum absolute atomic E-state index is 5.32. The topological polar surface area (TPSA) is 57.7 Å². The number of aliphatic imine (C=N–C) groups is 1. The molecule has 0 spiro atoms. The zero-order valence-corrected chi connectivity index (χ0v) is 16.5. The molecule has 3 N–H and O–H groups in total. The molecule has 1 aliphatic rings. The zero-order chi connectivity index (χ0) is 19.8. The minimum absolute atomic E-state index is 0.167. The molecule has 1 aliphatic heterocycles. The molecule has 0 radical (unpaired) electrons. The lowest BCUT2D eigenvalue weighted by atomic mass is 10.1. The van der Waals surface area contributed by atoms with E-state index < -0.39 is 0 Å². The fraction of sp³-hybridized carbons (Fsp3) is 0.261. The van der Waals surface area contributed by atoms with Gasteiger partial charge in [-0.3, -0.25) is 0 Å². The number of nitrogens with one attached hydrogen (secondary N) is 3. The average Bonchev–Trinajstić information content (AvgIpc) is 2.73. The Morgan fingerprint density at radius 2 is 1.89 bits per heavy atom. The van der Waals surface area contributed by atoms with E-state index in [9.17, 15) is 0 Å². The fourth-order valence-electron chi connectivity index (χ4n) is 3.07. The summed E-state index contributed by atoms with van der Waals surface area (Å²) in [6.07, 6.45) is 2.87. The number of rotatable bonds is 8. The van der Waals surface area contributed by atoms with Crippen molar-refractivity contribution in [3.63, 3.8) is 0 Å². The van der Waals surface area contributed by atoms with Crippen molar-refractivity contribution in [1.82, 2.24) is 10.6 Å². The number of hydrogen-bond acceptors (Lipinski definition) is 5. The molecule has 0 fully saturated rings. The van der Waals surface area contributed by atoms with Crippen molar-refractivity contribution in [3.05, 3.63) is 84.1 Å². The monoisotopic (exact) mass is 376 g/mol. The van der Waals surface area contributed by atoms with Crippen LogP contribution in [0.1, 0.15) is 30.6 Å². The molecule has 2 aromatic carbocycles. The van der Waals surface area contributed by atoms with Crippen LogP contribution in [-0.2, 0) is 4.74 Å². The van der Waals surface area contributed by atoms with Gasteiger partial charge in [-0.05, 0) is 18.1 Å². The van der Waals surface area contributed by atoms with Crippen molar-refractivity contribution in [1.29, 1.82) is 0 Å². The highest BCUT2D eigenvalue weighted by Crippen LogP contribution is 2.23. The van der Waals surface area contributed by atoms with E-state index >= 15 is 0 Å². The molecular formula is C23H28N4O. The van der Waals surface area contributed by atoms with Gasteiger partial charge in [-0.15, -0.1) is 0 Å². The molecule has 146 valence electrons. The van der Waals surface area contributed by atoms with Gasteiger partial charge in [-0.25, -0.2) is 4.99 Å². The highest BCUT2D eigenvalue weighted by Gasteiger charge is 2.18. The van der Waals surface area contributed by atoms with E-state index in [0.717, 1.165) is 47.0 Å². The Balaban J connectivity index is 1.82. The van der Waals surface area contributed by atoms with Gasteiger partial charge in [-0.1, -0.05) is 62.0 Å². The standard InChI is InChI=1S/C23H28N4O/c1-4-14-24-21-13-9-8-12-20(21)17(2)25-22-15-19(16-28-3)26-23(27-22)18-10-6-5-7-11-18/h5-13,15,23-24,26H,2,4,14,16H2,1,3H3,(H,25,27). The van der Waals surface area contributed by atoms with Gasteiger partial charge in [0.2, 0.25) is 0 Å². The number of methoxy groups -OCH3 is 1. The van der Waals surface area contributed by atoms with E-state index in [1.165, 1.54) is 0 Å². The molecule has 2 aromatic rings. The summed E-state index contributed by atoms with van der Waals surface area (Å²) in [6.45, 7) is 7.81. The molecular weight excluding hydrogens is 348 g/mol. The number of nitrogens with zero attached hydrogens (tertiary/aromatic N) is 1. The van der Waals surface area contributed by atoms with Crippen molar-refractivity contribution in [3.8, 4) is 0 Å². The Hall–Kier alpha value is -3.05. The Morgan fingerprint density at radius 1 is 1.14 bits per heavy atom. The maximum atomic E-state index is 5.32. The van der Waals surface area contributed by atoms with E-state index in [1.807, 2.05) is 36.4 Å². The first kappa shape index (κ1) is 19.7. The Morgan fingerprint density at radius 3 is 2.64 bits per heavy atom. The van der Waals surface area contributed by atoms with Crippen LogP contribution < -0.4 is 16.0 Å². The van der Waals surface area contributed by atoms with E-state index in [1.54, 1.807) is 7.11 Å². The normalized spacial score (nSPS) is 15.9. The van der Waals surface area contributed by atoms with Crippen LogP contribution in [0.2, 0.25) is 0 Å². The maximum Gasteiger partial charge on any atom is 0.146 e. The molecule has 5 heteroatoms. The van der Waals surface area contributed by atoms with Crippen molar-refractivity contribution >= 4 is 17.2 Å². The Labute approximate surface area is 167 Å². The molecule has 0 saturated heterocycles. The van der Waals surface area contributed by atoms with Crippen molar-refractivity contribution in [2.75, 3.05) is 25.6 Å². The highest BCUT2D eigenvalue weighted by atomic mass is 16.5. The Kier molecular flexibility index (Phi) is 6.87. The van der Waals surface area contributed by atoms with Gasteiger partial charge in [0.25, 0.3) is 0 Å². The smallest absolute Gasteiger partial charge is 0.146 e. The molecule has 1 atom stereocenters. The molecule has 1 unspecified atom stereocenters. The first-order valence-corrected chi connectivity index (χ1v) is 9.59. The summed E-state index contributed by atoms with van der Waals surface area (Å²) in [5.41, 5.74) is 4.98. The van der Waals surface area contributed by atoms with Gasteiger partial charge in [0.05, 0.1) is 6.61 Å². The summed E-state index contributed by atoms with van der Waals surface area (Å²) < 4.78 is 5.32. The quantitative estimate of drug-likeness (QED) is 0.643. The van der Waals surface area contributed by atoms with Gasteiger partial charge >= 0.3 is 0 Å². The summed E-state index contributed by atoms with van der Waals surface area (Å²) in [5.74, 6) is 0.759. The van der Waals surface area contributed by atoms with Gasteiger partial charge in [0.1, 0.15) is 12.0 Å². The van der Waals surface area contributed by atoms with Gasteiger partial charge in [0.15, 0.2) is 0 Å². The summed E-state index contributed by atoms with van der Waals surface area (Å²) in [7, 11) is 1.69. The zero-order valence-electron chi connectivity index (χ0n) is 16.5. The third-order valence-electron chi connectivity index (χ3n) is 4.41. The summed E-state index contributed by atoms with van der Waals surface area (Å²) >= 11 is 0. The van der Waals surface area contributed by atoms with E-state index in [2.05, 4.69) is 53.7 Å². The van der Waals surface area contributed by atoms with E-state index in [0.29, 0.717) is 6.61 Å². The van der Waals surface area contributed by atoms with Crippen LogP contribution in [-0.4, -0.2) is 26.1 Å². The van der Waals surface area contributed by atoms with E-state index in [-0.39, 0.29) is 6.17 Å². The number of hydrogen-bond donors (Lipinski definition) is 3. The first-order chi connectivity index (χ1) is 13.7. The Bertz CT molecular complexity index is 858. The summed E-state index contributed by atoms with van der Waals surface area (Å²) in [5, 5.41) is 10.3. The number of ether oxygens (including phenoxy) is 1. The number of amidine groups is 1. The van der Waals surface area contributed by atoms with Crippen LogP contribution in [0.15, 0.2) is 77.9 Å². The van der Waals surface area contributed by atoms with Crippen LogP contribution in [0.5, 0.6) is 0 Å². The predicted octanol–water partition coefficient (Wildman–Crippen LogP) is 4.30. The van der Waals surface area contributed by atoms with Crippen LogP contribution in [0.25, 0.3) is 5.70 Å². The third kappa shape index (κ3) is 5.02. The van der Waals surface area contributed by atoms with Crippen molar-refractivity contribution in [2.45, 2.75) is 19.5 Å². The lowest BCUT2D eigenvalue weighted by Crippen LogP contribution is -2.32. The minimum atomic E-state index is -0.167. The van der Waals surface area contributed by atoms with Crippen LogP contribution in [0.4, 0.5) is 5.69 Å². The predicted molar refractivity (Wildman–Crippen MR) is 117 cm³/mol. The number of anilines is 1. The summed E-state index contributed by atoms with van der Waals surface area (Å²) in [4.78, 5) is 4.82. The van der Waals surface area contributed by atoms with Crippen LogP contribution in [0.3, 0.4) is 0 Å². The van der Waals surface area contributed by atoms with Crippen LogP contribution >= 0.6 is 0 Å². The lowest BCUT2D eigenvalue weighted by molar-refractivity contribution is 0.217. The fourth-order valence-corrected chi connectivity index (χ4v) is 3.07. The molecule has 3 rings (SSSR count). The van der Waals surface area contributed by atoms with Gasteiger partial charge in [-0.2, -0.15) is 0 Å². The second-order valence-electron chi connectivity index (χ2n) is 6.65. The van der Waals surface area contributed by atoms with Crippen molar-refractivity contribution < 1.29 is 4.74 Å². The molecule has 28 heavy (non-hydrogen) atoms. The molecule has 1 heterocycles. The molecule has 0 bridgehead atoms. The average molecular weight is 377 g/mol. The number of benzene rings is 2. The molecule has 5 nitrogen and oxygen atoms in total. The van der Waals surface area contributed by atoms with E-state index in [4.69, 9.17) is 9.73 Å². The van der Waals surface area contributed by atoms with Gasteiger partial charge < -0.3 is 20.7 Å². The third-order valence-corrected chi connectivity index (χ3v) is 4.41. The van der Waals surface area contributed by atoms with Gasteiger partial charge in [0, 0.05) is 42.4 Å². The number of para-hydroxylation sites is 1. The minimum Gasteiger partial charge on any atom is -0.385 e. The molecule has 0 aromatic heterocycles. The molecule has 0 amide bonds. The second kappa shape index (κ2) is 9.76. The molecule has 0 aliphatic carbocycles.